The van der Waals surface area contributed by atoms with Crippen molar-refractivity contribution < 1.29 is 4.74 Å². The summed E-state index contributed by atoms with van der Waals surface area (Å²) < 4.78 is 6.11. The minimum Gasteiger partial charge on any atom is -0.377 e. The first-order valence-electron chi connectivity index (χ1n) is 10.7. The molecule has 0 bridgehead atoms. The van der Waals surface area contributed by atoms with Crippen LogP contribution in [-0.2, 0) is 11.3 Å². The molecule has 1 fully saturated rings. The predicted octanol–water partition coefficient (Wildman–Crippen LogP) is 3.97. The summed E-state index contributed by atoms with van der Waals surface area (Å²) in [5.41, 5.74) is 2.29. The van der Waals surface area contributed by atoms with Crippen LogP contribution in [-0.4, -0.2) is 41.7 Å². The zero-order valence-corrected chi connectivity index (χ0v) is 18.2. The molecule has 2 heterocycles. The van der Waals surface area contributed by atoms with Gasteiger partial charge in [-0.05, 0) is 30.7 Å². The lowest BCUT2D eigenvalue weighted by Crippen LogP contribution is -2.47. The maximum atomic E-state index is 6.11. The van der Waals surface area contributed by atoms with Crippen LogP contribution < -0.4 is 10.6 Å². The van der Waals surface area contributed by atoms with E-state index in [9.17, 15) is 0 Å². The van der Waals surface area contributed by atoms with Crippen LogP contribution in [0.2, 0.25) is 0 Å². The summed E-state index contributed by atoms with van der Waals surface area (Å²) in [7, 11) is 0. The van der Waals surface area contributed by atoms with Crippen molar-refractivity contribution in [2.24, 2.45) is 16.3 Å². The number of nitrogens with one attached hydrogen (secondary N) is 3. The van der Waals surface area contributed by atoms with Crippen LogP contribution in [0, 0.1) is 11.3 Å². The number of aromatic nitrogens is 2. The molecule has 6 nitrogen and oxygen atoms in total. The monoisotopic (exact) mass is 397 g/mol. The lowest BCUT2D eigenvalue weighted by Gasteiger charge is -2.40. The lowest BCUT2D eigenvalue weighted by atomic mass is 9.78. The van der Waals surface area contributed by atoms with Gasteiger partial charge in [0.25, 0.3) is 0 Å². The van der Waals surface area contributed by atoms with E-state index in [0.717, 1.165) is 49.2 Å². The van der Waals surface area contributed by atoms with Crippen molar-refractivity contribution in [1.29, 1.82) is 0 Å². The number of aliphatic imine (C=N–C) groups is 1. The molecule has 0 spiro atoms. The van der Waals surface area contributed by atoms with Gasteiger partial charge in [0.2, 0.25) is 0 Å². The third-order valence-corrected chi connectivity index (χ3v) is 5.27. The molecule has 2 aromatic rings. The first kappa shape index (κ1) is 21.4. The second-order valence-electron chi connectivity index (χ2n) is 8.75. The standard InChI is InChI=1S/C23H35N5O/c1-5-24-22(26-14-18-12-9-13-29-21(18)23(2,3)4)27-16-20-25-15-19(28-20)17-10-7-6-8-11-17/h6-8,10-11,15,18,21H,5,9,12-14,16H2,1-4H3,(H,25,28)(H2,24,26,27). The van der Waals surface area contributed by atoms with Gasteiger partial charge in [-0.1, -0.05) is 51.1 Å². The number of imidazole rings is 1. The van der Waals surface area contributed by atoms with Crippen LogP contribution >= 0.6 is 0 Å². The van der Waals surface area contributed by atoms with Gasteiger partial charge in [-0.3, -0.25) is 0 Å². The number of hydrogen-bond donors (Lipinski definition) is 3. The van der Waals surface area contributed by atoms with Crippen molar-refractivity contribution in [2.75, 3.05) is 19.7 Å². The van der Waals surface area contributed by atoms with Crippen molar-refractivity contribution in [2.45, 2.75) is 53.2 Å². The fraction of sp³-hybridized carbons (Fsp3) is 0.565. The molecule has 3 N–H and O–H groups in total. The highest BCUT2D eigenvalue weighted by Crippen LogP contribution is 2.33. The molecule has 0 amide bonds. The Balaban J connectivity index is 1.61. The summed E-state index contributed by atoms with van der Waals surface area (Å²) in [4.78, 5) is 12.6. The zero-order valence-electron chi connectivity index (χ0n) is 18.2. The van der Waals surface area contributed by atoms with Gasteiger partial charge >= 0.3 is 0 Å². The summed E-state index contributed by atoms with van der Waals surface area (Å²) in [5, 5.41) is 6.86. The van der Waals surface area contributed by atoms with E-state index in [1.807, 2.05) is 24.4 Å². The van der Waals surface area contributed by atoms with Crippen LogP contribution in [0.1, 0.15) is 46.4 Å². The molecule has 6 heteroatoms. The van der Waals surface area contributed by atoms with Crippen molar-refractivity contribution in [3.63, 3.8) is 0 Å². The van der Waals surface area contributed by atoms with E-state index in [2.05, 4.69) is 60.4 Å². The Morgan fingerprint density at radius 3 is 2.76 bits per heavy atom. The molecule has 0 aliphatic carbocycles. The second kappa shape index (κ2) is 9.92. The van der Waals surface area contributed by atoms with Crippen LogP contribution in [0.5, 0.6) is 0 Å². The number of aromatic amines is 1. The number of ether oxygens (including phenoxy) is 1. The van der Waals surface area contributed by atoms with E-state index in [1.54, 1.807) is 0 Å². The Hall–Kier alpha value is -2.34. The zero-order chi connectivity index (χ0) is 20.7. The van der Waals surface area contributed by atoms with E-state index in [0.29, 0.717) is 12.5 Å². The Kier molecular flexibility index (Phi) is 7.31. The van der Waals surface area contributed by atoms with Gasteiger partial charge in [0.15, 0.2) is 5.96 Å². The third kappa shape index (κ3) is 6.07. The van der Waals surface area contributed by atoms with Crippen LogP contribution in [0.3, 0.4) is 0 Å². The summed E-state index contributed by atoms with van der Waals surface area (Å²) in [5.74, 6) is 2.17. The number of nitrogens with zero attached hydrogens (tertiary/aromatic N) is 2. The van der Waals surface area contributed by atoms with Crippen LogP contribution in [0.25, 0.3) is 11.3 Å². The summed E-state index contributed by atoms with van der Waals surface area (Å²) in [6.45, 7) is 11.9. The number of H-pyrrole nitrogens is 1. The van der Waals surface area contributed by atoms with Crippen LogP contribution in [0.4, 0.5) is 0 Å². The molecular formula is C23H35N5O. The van der Waals surface area contributed by atoms with Gasteiger partial charge < -0.3 is 20.4 Å². The normalized spacial score (nSPS) is 20.5. The van der Waals surface area contributed by atoms with Gasteiger partial charge in [0.05, 0.1) is 18.0 Å². The smallest absolute Gasteiger partial charge is 0.191 e. The largest absolute Gasteiger partial charge is 0.377 e. The number of benzene rings is 1. The molecule has 2 unspecified atom stereocenters. The number of hydrogen-bond acceptors (Lipinski definition) is 3. The first-order chi connectivity index (χ1) is 14.0. The third-order valence-electron chi connectivity index (χ3n) is 5.27. The van der Waals surface area contributed by atoms with Gasteiger partial charge in [-0.15, -0.1) is 0 Å². The van der Waals surface area contributed by atoms with Crippen LogP contribution in [0.15, 0.2) is 41.5 Å². The molecule has 0 radical (unpaired) electrons. The van der Waals surface area contributed by atoms with E-state index >= 15 is 0 Å². The molecule has 3 rings (SSSR count). The highest BCUT2D eigenvalue weighted by atomic mass is 16.5. The van der Waals surface area contributed by atoms with Crippen molar-refractivity contribution >= 4 is 5.96 Å². The highest BCUT2D eigenvalue weighted by molar-refractivity contribution is 5.79. The first-order valence-corrected chi connectivity index (χ1v) is 10.7. The Bertz CT molecular complexity index is 778. The van der Waals surface area contributed by atoms with E-state index in [4.69, 9.17) is 9.73 Å². The van der Waals surface area contributed by atoms with E-state index in [1.165, 1.54) is 6.42 Å². The molecule has 158 valence electrons. The minimum atomic E-state index is 0.143. The summed E-state index contributed by atoms with van der Waals surface area (Å²) in [6, 6.07) is 10.2. The van der Waals surface area contributed by atoms with Gasteiger partial charge in [-0.25, -0.2) is 9.98 Å². The maximum Gasteiger partial charge on any atom is 0.191 e. The average molecular weight is 398 g/mol. The predicted molar refractivity (Wildman–Crippen MR) is 119 cm³/mol. The number of rotatable bonds is 6. The van der Waals surface area contributed by atoms with Gasteiger partial charge in [0.1, 0.15) is 12.4 Å². The Morgan fingerprint density at radius 1 is 1.24 bits per heavy atom. The SMILES string of the molecule is CCNC(=NCc1ncc(-c2ccccc2)[nH]1)NCC1CCCOC1C(C)(C)C. The average Bonchev–Trinajstić information content (AvgIpc) is 3.19. The molecule has 1 aromatic carbocycles. The van der Waals surface area contributed by atoms with Gasteiger partial charge in [-0.2, -0.15) is 0 Å². The molecule has 1 aromatic heterocycles. The quantitative estimate of drug-likeness (QED) is 0.509. The molecular weight excluding hydrogens is 362 g/mol. The Labute approximate surface area is 174 Å². The molecule has 1 aliphatic rings. The molecule has 1 aliphatic heterocycles. The van der Waals surface area contributed by atoms with Crippen molar-refractivity contribution in [3.8, 4) is 11.3 Å². The fourth-order valence-corrected chi connectivity index (χ4v) is 3.94. The number of guanidine groups is 1. The van der Waals surface area contributed by atoms with E-state index < -0.39 is 0 Å². The van der Waals surface area contributed by atoms with Gasteiger partial charge in [0, 0.05) is 25.6 Å². The fourth-order valence-electron chi connectivity index (χ4n) is 3.94. The second-order valence-corrected chi connectivity index (χ2v) is 8.75. The van der Waals surface area contributed by atoms with Crippen molar-refractivity contribution in [1.82, 2.24) is 20.6 Å². The van der Waals surface area contributed by atoms with E-state index in [-0.39, 0.29) is 11.5 Å². The highest BCUT2D eigenvalue weighted by Gasteiger charge is 2.35. The minimum absolute atomic E-state index is 0.143. The summed E-state index contributed by atoms with van der Waals surface area (Å²) >= 11 is 0. The molecule has 29 heavy (non-hydrogen) atoms. The maximum absolute atomic E-state index is 6.11. The summed E-state index contributed by atoms with van der Waals surface area (Å²) in [6.07, 6.45) is 4.45. The molecule has 0 saturated carbocycles. The van der Waals surface area contributed by atoms with Crippen molar-refractivity contribution in [3.05, 3.63) is 42.4 Å². The molecule has 1 saturated heterocycles. The lowest BCUT2D eigenvalue weighted by molar-refractivity contribution is -0.0835. The molecule has 2 atom stereocenters. The topological polar surface area (TPSA) is 74.3 Å². The Morgan fingerprint density at radius 2 is 2.03 bits per heavy atom.